The lowest BCUT2D eigenvalue weighted by Gasteiger charge is -2.27. The SMILES string of the molecule is CCCOc1cccc(C(=O)Oc2ccc3c(c2)OC(N)=C(C#N)C3c2ccc(OC)c(OC)c2)c1. The van der Waals surface area contributed by atoms with E-state index in [-0.39, 0.29) is 17.2 Å². The lowest BCUT2D eigenvalue weighted by molar-refractivity contribution is 0.0734. The smallest absolute Gasteiger partial charge is 0.343 e. The molecule has 0 saturated carbocycles. The van der Waals surface area contributed by atoms with Gasteiger partial charge in [-0.2, -0.15) is 5.26 Å². The molecule has 3 aromatic rings. The van der Waals surface area contributed by atoms with E-state index in [1.54, 1.807) is 68.8 Å². The number of fused-ring (bicyclic) bond motifs is 1. The highest BCUT2D eigenvalue weighted by molar-refractivity contribution is 5.91. The van der Waals surface area contributed by atoms with Gasteiger partial charge in [0, 0.05) is 11.6 Å². The number of ether oxygens (including phenoxy) is 5. The van der Waals surface area contributed by atoms with Crippen LogP contribution in [0.25, 0.3) is 0 Å². The monoisotopic (exact) mass is 486 g/mol. The molecule has 3 aromatic carbocycles. The van der Waals surface area contributed by atoms with Gasteiger partial charge in [0.25, 0.3) is 0 Å². The van der Waals surface area contributed by atoms with Crippen molar-refractivity contribution in [3.8, 4) is 34.8 Å². The summed E-state index contributed by atoms with van der Waals surface area (Å²) in [6, 6.07) is 19.4. The van der Waals surface area contributed by atoms with Crippen LogP contribution >= 0.6 is 0 Å². The van der Waals surface area contributed by atoms with E-state index in [9.17, 15) is 10.1 Å². The number of rotatable bonds is 8. The number of nitrogens with two attached hydrogens (primary N) is 1. The van der Waals surface area contributed by atoms with E-state index in [1.165, 1.54) is 0 Å². The quantitative estimate of drug-likeness (QED) is 0.352. The highest BCUT2D eigenvalue weighted by atomic mass is 16.5. The average molecular weight is 487 g/mol. The minimum Gasteiger partial charge on any atom is -0.494 e. The second-order valence-corrected chi connectivity index (χ2v) is 8.00. The molecule has 184 valence electrons. The molecule has 0 aliphatic carbocycles. The molecule has 0 amide bonds. The Hall–Kier alpha value is -4.64. The van der Waals surface area contributed by atoms with E-state index in [4.69, 9.17) is 29.4 Å². The first-order valence-electron chi connectivity index (χ1n) is 11.4. The minimum atomic E-state index is -0.537. The van der Waals surface area contributed by atoms with Crippen LogP contribution in [0.3, 0.4) is 0 Å². The van der Waals surface area contributed by atoms with Crippen molar-refractivity contribution in [2.75, 3.05) is 20.8 Å². The second kappa shape index (κ2) is 10.7. The fourth-order valence-corrected chi connectivity index (χ4v) is 3.97. The standard InChI is InChI=1S/C28H26N2O6/c1-4-12-34-19-7-5-6-18(13-19)28(31)35-20-9-10-21-24(15-20)36-27(30)22(16-29)26(21)17-8-11-23(32-2)25(14-17)33-3/h5-11,13-15,26H,4,12,30H2,1-3H3. The summed E-state index contributed by atoms with van der Waals surface area (Å²) in [4.78, 5) is 12.8. The number of nitrogens with zero attached hydrogens (tertiary/aromatic N) is 1. The molecule has 36 heavy (non-hydrogen) atoms. The van der Waals surface area contributed by atoms with E-state index in [0.29, 0.717) is 40.7 Å². The molecule has 1 atom stereocenters. The van der Waals surface area contributed by atoms with Gasteiger partial charge in [0.2, 0.25) is 5.88 Å². The van der Waals surface area contributed by atoms with Crippen LogP contribution in [0.2, 0.25) is 0 Å². The summed E-state index contributed by atoms with van der Waals surface area (Å²) in [5, 5.41) is 9.82. The molecule has 1 unspecified atom stereocenters. The van der Waals surface area contributed by atoms with Crippen LogP contribution in [-0.4, -0.2) is 26.8 Å². The van der Waals surface area contributed by atoms with Crippen LogP contribution in [-0.2, 0) is 0 Å². The minimum absolute atomic E-state index is 0.0194. The summed E-state index contributed by atoms with van der Waals surface area (Å²) < 4.78 is 27.7. The number of hydrogen-bond acceptors (Lipinski definition) is 8. The summed E-state index contributed by atoms with van der Waals surface area (Å²) in [6.45, 7) is 2.56. The molecule has 4 rings (SSSR count). The Morgan fingerprint density at radius 3 is 2.56 bits per heavy atom. The van der Waals surface area contributed by atoms with Crippen molar-refractivity contribution in [1.82, 2.24) is 0 Å². The molecule has 0 fully saturated rings. The van der Waals surface area contributed by atoms with Gasteiger partial charge in [-0.25, -0.2) is 4.79 Å². The van der Waals surface area contributed by atoms with E-state index >= 15 is 0 Å². The largest absolute Gasteiger partial charge is 0.494 e. The number of hydrogen-bond donors (Lipinski definition) is 1. The fraction of sp³-hybridized carbons (Fsp3) is 0.214. The fourth-order valence-electron chi connectivity index (χ4n) is 3.97. The molecule has 2 N–H and O–H groups in total. The maximum atomic E-state index is 12.8. The van der Waals surface area contributed by atoms with Crippen molar-refractivity contribution in [3.63, 3.8) is 0 Å². The Kier molecular flexibility index (Phi) is 7.31. The lowest BCUT2D eigenvalue weighted by atomic mass is 9.83. The van der Waals surface area contributed by atoms with Crippen LogP contribution in [0.15, 0.2) is 72.1 Å². The van der Waals surface area contributed by atoms with Crippen molar-refractivity contribution in [3.05, 3.63) is 88.8 Å². The van der Waals surface area contributed by atoms with Gasteiger partial charge in [0.05, 0.1) is 32.3 Å². The number of carbonyl (C=O) groups excluding carboxylic acids is 1. The third kappa shape index (κ3) is 4.91. The Balaban J connectivity index is 1.65. The topological polar surface area (TPSA) is 113 Å². The van der Waals surface area contributed by atoms with E-state index in [1.807, 2.05) is 13.0 Å². The van der Waals surface area contributed by atoms with E-state index < -0.39 is 11.9 Å². The molecule has 1 heterocycles. The zero-order valence-electron chi connectivity index (χ0n) is 20.2. The summed E-state index contributed by atoms with van der Waals surface area (Å²) in [5.74, 6) is 1.29. The van der Waals surface area contributed by atoms with Crippen LogP contribution < -0.4 is 29.4 Å². The van der Waals surface area contributed by atoms with Crippen LogP contribution in [0.5, 0.6) is 28.7 Å². The molecule has 8 heteroatoms. The summed E-state index contributed by atoms with van der Waals surface area (Å²) >= 11 is 0. The number of carbonyl (C=O) groups is 1. The van der Waals surface area contributed by atoms with Crippen molar-refractivity contribution in [1.29, 1.82) is 5.26 Å². The molecule has 0 aromatic heterocycles. The maximum absolute atomic E-state index is 12.8. The first kappa shape index (κ1) is 24.5. The Labute approximate surface area is 209 Å². The predicted octanol–water partition coefficient (Wildman–Crippen LogP) is 4.93. The second-order valence-electron chi connectivity index (χ2n) is 8.00. The van der Waals surface area contributed by atoms with E-state index in [0.717, 1.165) is 12.0 Å². The van der Waals surface area contributed by atoms with Crippen molar-refractivity contribution in [2.24, 2.45) is 5.73 Å². The van der Waals surface area contributed by atoms with Gasteiger partial charge in [-0.3, -0.25) is 0 Å². The van der Waals surface area contributed by atoms with Crippen LogP contribution in [0.1, 0.15) is 40.7 Å². The number of allylic oxidation sites excluding steroid dienone is 1. The highest BCUT2D eigenvalue weighted by Gasteiger charge is 2.31. The molecule has 1 aliphatic rings. The molecule has 0 bridgehead atoms. The molecule has 0 radical (unpaired) electrons. The normalized spacial score (nSPS) is 14.2. The summed E-state index contributed by atoms with van der Waals surface area (Å²) in [7, 11) is 3.10. The molecule has 0 saturated heterocycles. The summed E-state index contributed by atoms with van der Waals surface area (Å²) in [5.41, 5.74) is 8.21. The third-order valence-corrected chi connectivity index (χ3v) is 5.68. The van der Waals surface area contributed by atoms with Gasteiger partial charge in [-0.15, -0.1) is 0 Å². The highest BCUT2D eigenvalue weighted by Crippen LogP contribution is 2.45. The molecular weight excluding hydrogens is 460 g/mol. The number of nitriles is 1. The van der Waals surface area contributed by atoms with Crippen LogP contribution in [0, 0.1) is 11.3 Å². The number of esters is 1. The lowest BCUT2D eigenvalue weighted by Crippen LogP contribution is -2.21. The Morgan fingerprint density at radius 1 is 1.03 bits per heavy atom. The van der Waals surface area contributed by atoms with Gasteiger partial charge >= 0.3 is 5.97 Å². The first-order chi connectivity index (χ1) is 17.5. The van der Waals surface area contributed by atoms with E-state index in [2.05, 4.69) is 6.07 Å². The van der Waals surface area contributed by atoms with Crippen molar-refractivity contribution in [2.45, 2.75) is 19.3 Å². The maximum Gasteiger partial charge on any atom is 0.343 e. The molecule has 0 spiro atoms. The zero-order chi connectivity index (χ0) is 25.7. The number of benzene rings is 3. The third-order valence-electron chi connectivity index (χ3n) is 5.68. The number of methoxy groups -OCH3 is 2. The van der Waals surface area contributed by atoms with Gasteiger partial charge in [-0.05, 0) is 48.4 Å². The van der Waals surface area contributed by atoms with Gasteiger partial charge in [0.1, 0.15) is 28.9 Å². The zero-order valence-corrected chi connectivity index (χ0v) is 20.2. The first-order valence-corrected chi connectivity index (χ1v) is 11.4. The van der Waals surface area contributed by atoms with Gasteiger partial charge in [-0.1, -0.05) is 25.1 Å². The van der Waals surface area contributed by atoms with Gasteiger partial charge < -0.3 is 29.4 Å². The van der Waals surface area contributed by atoms with Gasteiger partial charge in [0.15, 0.2) is 11.5 Å². The molecular formula is C28H26N2O6. The predicted molar refractivity (Wildman–Crippen MR) is 132 cm³/mol. The van der Waals surface area contributed by atoms with Crippen LogP contribution in [0.4, 0.5) is 0 Å². The average Bonchev–Trinajstić information content (AvgIpc) is 2.90. The van der Waals surface area contributed by atoms with Crippen molar-refractivity contribution >= 4 is 5.97 Å². The Bertz CT molecular complexity index is 1360. The Morgan fingerprint density at radius 2 is 1.83 bits per heavy atom. The molecule has 1 aliphatic heterocycles. The van der Waals surface area contributed by atoms with Crippen molar-refractivity contribution < 1.29 is 28.5 Å². The summed E-state index contributed by atoms with van der Waals surface area (Å²) in [6.07, 6.45) is 0.860. The molecule has 8 nitrogen and oxygen atoms in total.